The molecule has 1 atom stereocenters. The van der Waals surface area contributed by atoms with E-state index in [1.807, 2.05) is 0 Å². The van der Waals surface area contributed by atoms with E-state index in [-0.39, 0.29) is 11.3 Å². The first-order chi connectivity index (χ1) is 8.09. The van der Waals surface area contributed by atoms with Gasteiger partial charge in [0.15, 0.2) is 9.84 Å². The monoisotopic (exact) mass is 281 g/mol. The first kappa shape index (κ1) is 15.0. The summed E-state index contributed by atoms with van der Waals surface area (Å²) in [5.74, 6) is 0. The average molecular weight is 281 g/mol. The van der Waals surface area contributed by atoms with Crippen molar-refractivity contribution in [3.63, 3.8) is 0 Å². The van der Waals surface area contributed by atoms with Crippen molar-refractivity contribution in [2.24, 2.45) is 5.73 Å². The molecule has 0 bridgehead atoms. The normalized spacial score (nSPS) is 14.5. The van der Waals surface area contributed by atoms with E-state index in [1.54, 1.807) is 0 Å². The Morgan fingerprint density at radius 2 is 1.94 bits per heavy atom. The van der Waals surface area contributed by atoms with Crippen LogP contribution in [-0.2, 0) is 9.84 Å². The second-order valence-corrected chi connectivity index (χ2v) is 6.12. The number of rotatable bonds is 4. The molecular formula is C11H14F3NO2S. The Balaban J connectivity index is 2.84. The lowest BCUT2D eigenvalue weighted by atomic mass is 10.0. The van der Waals surface area contributed by atoms with Crippen LogP contribution in [0.4, 0.5) is 13.2 Å². The topological polar surface area (TPSA) is 60.2 Å². The maximum atomic E-state index is 12.0. The molecule has 1 aromatic carbocycles. The van der Waals surface area contributed by atoms with Gasteiger partial charge in [-0.15, -0.1) is 0 Å². The summed E-state index contributed by atoms with van der Waals surface area (Å²) in [5.41, 5.74) is 6.01. The van der Waals surface area contributed by atoms with Gasteiger partial charge in [-0.2, -0.15) is 13.2 Å². The highest BCUT2D eigenvalue weighted by atomic mass is 32.2. The minimum Gasteiger partial charge on any atom is -0.324 e. The Morgan fingerprint density at radius 1 is 1.33 bits per heavy atom. The number of hydrogen-bond acceptors (Lipinski definition) is 3. The highest BCUT2D eigenvalue weighted by Crippen LogP contribution is 2.27. The van der Waals surface area contributed by atoms with Crippen molar-refractivity contribution < 1.29 is 21.6 Å². The van der Waals surface area contributed by atoms with Crippen LogP contribution in [0, 0.1) is 0 Å². The minimum absolute atomic E-state index is 0.0578. The molecule has 102 valence electrons. The van der Waals surface area contributed by atoms with E-state index in [0.717, 1.165) is 6.26 Å². The summed E-state index contributed by atoms with van der Waals surface area (Å²) in [6, 6.07) is 4.87. The van der Waals surface area contributed by atoms with Crippen molar-refractivity contribution in [1.29, 1.82) is 0 Å². The summed E-state index contributed by atoms with van der Waals surface area (Å²) < 4.78 is 58.8. The predicted molar refractivity (Wildman–Crippen MR) is 61.8 cm³/mol. The first-order valence-electron chi connectivity index (χ1n) is 5.22. The molecule has 1 unspecified atom stereocenters. The van der Waals surface area contributed by atoms with E-state index >= 15 is 0 Å². The lowest BCUT2D eigenvalue weighted by Gasteiger charge is -2.14. The van der Waals surface area contributed by atoms with Crippen LogP contribution in [-0.4, -0.2) is 20.8 Å². The Hall–Kier alpha value is -1.08. The highest BCUT2D eigenvalue weighted by Gasteiger charge is 2.27. The van der Waals surface area contributed by atoms with Gasteiger partial charge in [-0.1, -0.05) is 12.1 Å². The molecule has 0 fully saturated rings. The fourth-order valence-electron chi connectivity index (χ4n) is 1.46. The van der Waals surface area contributed by atoms with Gasteiger partial charge in [-0.25, -0.2) is 8.42 Å². The number of hydrogen-bond donors (Lipinski definition) is 1. The van der Waals surface area contributed by atoms with Gasteiger partial charge in [0.1, 0.15) is 0 Å². The number of nitrogens with two attached hydrogens (primary N) is 1. The summed E-state index contributed by atoms with van der Waals surface area (Å²) in [5, 5.41) is 0. The molecule has 0 spiro atoms. The Kier molecular flexibility index (Phi) is 4.39. The van der Waals surface area contributed by atoms with Crippen LogP contribution < -0.4 is 5.73 Å². The van der Waals surface area contributed by atoms with Crippen LogP contribution in [0.5, 0.6) is 0 Å². The first-order valence-corrected chi connectivity index (χ1v) is 7.11. The molecule has 0 saturated carbocycles. The lowest BCUT2D eigenvalue weighted by Crippen LogP contribution is -2.16. The second-order valence-electron chi connectivity index (χ2n) is 4.11. The minimum atomic E-state index is -4.26. The quantitative estimate of drug-likeness (QED) is 0.922. The van der Waals surface area contributed by atoms with E-state index < -0.39 is 28.5 Å². The fraction of sp³-hybridized carbons (Fsp3) is 0.455. The molecule has 0 aromatic heterocycles. The van der Waals surface area contributed by atoms with Crippen molar-refractivity contribution in [2.75, 3.05) is 6.26 Å². The summed E-state index contributed by atoms with van der Waals surface area (Å²) >= 11 is 0. The van der Waals surface area contributed by atoms with Crippen LogP contribution in [0.2, 0.25) is 0 Å². The van der Waals surface area contributed by atoms with Crippen LogP contribution in [0.25, 0.3) is 0 Å². The molecule has 0 aliphatic heterocycles. The molecule has 1 aromatic rings. The van der Waals surface area contributed by atoms with Crippen LogP contribution in [0.3, 0.4) is 0 Å². The number of halogens is 3. The molecule has 0 saturated heterocycles. The van der Waals surface area contributed by atoms with E-state index in [0.29, 0.717) is 5.56 Å². The summed E-state index contributed by atoms with van der Waals surface area (Å²) in [6.45, 7) is 0. The van der Waals surface area contributed by atoms with Gasteiger partial charge < -0.3 is 5.73 Å². The Bertz CT molecular complexity index is 511. The van der Waals surface area contributed by atoms with Gasteiger partial charge >= 0.3 is 6.18 Å². The van der Waals surface area contributed by atoms with Crippen molar-refractivity contribution in [2.45, 2.75) is 30.0 Å². The predicted octanol–water partition coefficient (Wildman–Crippen LogP) is 2.43. The molecule has 0 aliphatic rings. The maximum Gasteiger partial charge on any atom is 0.389 e. The third-order valence-electron chi connectivity index (χ3n) is 2.45. The Morgan fingerprint density at radius 3 is 2.44 bits per heavy atom. The van der Waals surface area contributed by atoms with E-state index in [4.69, 9.17) is 5.73 Å². The largest absolute Gasteiger partial charge is 0.389 e. The van der Waals surface area contributed by atoms with Gasteiger partial charge in [0.25, 0.3) is 0 Å². The molecule has 3 nitrogen and oxygen atoms in total. The van der Waals surface area contributed by atoms with Crippen LogP contribution >= 0.6 is 0 Å². The summed E-state index contributed by atoms with van der Waals surface area (Å²) in [4.78, 5) is 0.0578. The molecule has 0 heterocycles. The zero-order chi connectivity index (χ0) is 14.0. The maximum absolute atomic E-state index is 12.0. The average Bonchev–Trinajstić information content (AvgIpc) is 2.24. The van der Waals surface area contributed by atoms with Gasteiger partial charge in [-0.05, 0) is 24.1 Å². The molecule has 7 heteroatoms. The zero-order valence-electron chi connectivity index (χ0n) is 9.74. The lowest BCUT2D eigenvalue weighted by molar-refractivity contribution is -0.136. The molecular weight excluding hydrogens is 267 g/mol. The molecule has 1 rings (SSSR count). The second kappa shape index (κ2) is 5.27. The smallest absolute Gasteiger partial charge is 0.324 e. The molecule has 0 radical (unpaired) electrons. The third kappa shape index (κ3) is 4.66. The van der Waals surface area contributed by atoms with Gasteiger partial charge in [0.2, 0.25) is 0 Å². The van der Waals surface area contributed by atoms with Gasteiger partial charge in [0.05, 0.1) is 4.90 Å². The Labute approximate surface area is 104 Å². The molecule has 0 aliphatic carbocycles. The highest BCUT2D eigenvalue weighted by molar-refractivity contribution is 7.90. The standard InChI is InChI=1S/C11H14F3NO2S/c1-18(16,17)9-4-2-3-8(7-9)10(15)5-6-11(12,13)14/h2-4,7,10H,5-6,15H2,1H3. The van der Waals surface area contributed by atoms with Crippen LogP contribution in [0.15, 0.2) is 29.2 Å². The van der Waals surface area contributed by atoms with E-state index in [1.165, 1.54) is 24.3 Å². The number of benzene rings is 1. The van der Waals surface area contributed by atoms with Crippen LogP contribution in [0.1, 0.15) is 24.4 Å². The van der Waals surface area contributed by atoms with Crippen molar-refractivity contribution in [1.82, 2.24) is 0 Å². The fourth-order valence-corrected chi connectivity index (χ4v) is 2.14. The zero-order valence-corrected chi connectivity index (χ0v) is 10.6. The van der Waals surface area contributed by atoms with E-state index in [9.17, 15) is 21.6 Å². The number of alkyl halides is 3. The molecule has 2 N–H and O–H groups in total. The number of sulfone groups is 1. The molecule has 0 amide bonds. The molecule has 18 heavy (non-hydrogen) atoms. The van der Waals surface area contributed by atoms with E-state index in [2.05, 4.69) is 0 Å². The van der Waals surface area contributed by atoms with Crippen molar-refractivity contribution in [3.05, 3.63) is 29.8 Å². The van der Waals surface area contributed by atoms with Gasteiger partial charge in [0, 0.05) is 18.7 Å². The van der Waals surface area contributed by atoms with Crippen molar-refractivity contribution in [3.8, 4) is 0 Å². The SMILES string of the molecule is CS(=O)(=O)c1cccc(C(N)CCC(F)(F)F)c1. The van der Waals surface area contributed by atoms with Gasteiger partial charge in [-0.3, -0.25) is 0 Å². The third-order valence-corrected chi connectivity index (χ3v) is 3.56. The summed E-state index contributed by atoms with van der Waals surface area (Å²) in [6.07, 6.45) is -4.48. The summed E-state index contributed by atoms with van der Waals surface area (Å²) in [7, 11) is -3.38. The van der Waals surface area contributed by atoms with Crippen molar-refractivity contribution >= 4 is 9.84 Å².